The number of benzene rings is 1. The molecular weight excluding hydrogens is 366 g/mol. The number of aromatic nitrogens is 2. The summed E-state index contributed by atoms with van der Waals surface area (Å²) < 4.78 is 24.5. The van der Waals surface area contributed by atoms with Crippen LogP contribution in [0.4, 0.5) is 0 Å². The second-order valence-electron chi connectivity index (χ2n) is 6.18. The first kappa shape index (κ1) is 18.8. The van der Waals surface area contributed by atoms with Crippen LogP contribution in [0.1, 0.15) is 35.3 Å². The molecule has 0 radical (unpaired) electrons. The zero-order valence-corrected chi connectivity index (χ0v) is 15.7. The molecule has 0 saturated carbocycles. The lowest BCUT2D eigenvalue weighted by Gasteiger charge is -2.17. The van der Waals surface area contributed by atoms with E-state index in [1.165, 1.54) is 22.7 Å². The van der Waals surface area contributed by atoms with Crippen molar-refractivity contribution in [2.45, 2.75) is 24.3 Å². The Balaban J connectivity index is 1.88. The number of pyridine rings is 1. The molecule has 0 saturated heterocycles. The Morgan fingerprint density at radius 1 is 1.19 bits per heavy atom. The van der Waals surface area contributed by atoms with Gasteiger partial charge in [0.15, 0.2) is 9.84 Å². The van der Waals surface area contributed by atoms with E-state index in [1.54, 1.807) is 36.5 Å². The van der Waals surface area contributed by atoms with E-state index in [0.717, 1.165) is 11.8 Å². The van der Waals surface area contributed by atoms with Gasteiger partial charge in [-0.05, 0) is 36.2 Å². The number of fused-ring (bicyclic) bond motifs is 1. The topological polar surface area (TPSA) is 97.6 Å². The normalized spacial score (nSPS) is 12.7. The van der Waals surface area contributed by atoms with Gasteiger partial charge in [0.1, 0.15) is 11.2 Å². The van der Waals surface area contributed by atoms with Crippen molar-refractivity contribution < 1.29 is 13.2 Å². The predicted molar refractivity (Wildman–Crippen MR) is 102 cm³/mol. The van der Waals surface area contributed by atoms with Crippen molar-refractivity contribution in [1.29, 1.82) is 0 Å². The van der Waals surface area contributed by atoms with E-state index in [4.69, 9.17) is 0 Å². The summed E-state index contributed by atoms with van der Waals surface area (Å²) in [4.78, 5) is 29.5. The average Bonchev–Trinajstić information content (AvgIpc) is 2.66. The van der Waals surface area contributed by atoms with Crippen molar-refractivity contribution in [3.63, 3.8) is 0 Å². The molecule has 1 N–H and O–H groups in total. The Kier molecular flexibility index (Phi) is 5.09. The molecule has 0 fully saturated rings. The Morgan fingerprint density at radius 2 is 1.89 bits per heavy atom. The molecule has 1 aromatic carbocycles. The average molecular weight is 385 g/mol. The van der Waals surface area contributed by atoms with Crippen LogP contribution in [0.25, 0.3) is 5.65 Å². The highest BCUT2D eigenvalue weighted by Gasteiger charge is 2.18. The molecule has 1 amide bonds. The zero-order valence-electron chi connectivity index (χ0n) is 14.9. The van der Waals surface area contributed by atoms with Crippen molar-refractivity contribution in [2.75, 3.05) is 6.26 Å². The minimum atomic E-state index is -3.28. The molecule has 2 aromatic heterocycles. The molecule has 0 aliphatic heterocycles. The van der Waals surface area contributed by atoms with Crippen LogP contribution in [0.5, 0.6) is 0 Å². The number of hydrogen-bond acceptors (Lipinski definition) is 5. The van der Waals surface area contributed by atoms with Crippen LogP contribution < -0.4 is 10.9 Å². The maximum absolute atomic E-state index is 12.6. The number of carbonyl (C=O) groups excluding carboxylic acids is 1. The lowest BCUT2D eigenvalue weighted by atomic mass is 10.0. The predicted octanol–water partition coefficient (Wildman–Crippen LogP) is 1.98. The van der Waals surface area contributed by atoms with Crippen LogP contribution in [-0.2, 0) is 9.84 Å². The summed E-state index contributed by atoms with van der Waals surface area (Å²) >= 11 is 0. The van der Waals surface area contributed by atoms with Crippen molar-refractivity contribution >= 4 is 21.4 Å². The first-order chi connectivity index (χ1) is 12.8. The Morgan fingerprint density at radius 3 is 2.52 bits per heavy atom. The van der Waals surface area contributed by atoms with Crippen molar-refractivity contribution in [3.05, 3.63) is 76.3 Å². The van der Waals surface area contributed by atoms with Gasteiger partial charge in [-0.15, -0.1) is 0 Å². The minimum absolute atomic E-state index is 0.0510. The summed E-state index contributed by atoms with van der Waals surface area (Å²) in [5, 5.41) is 2.82. The summed E-state index contributed by atoms with van der Waals surface area (Å²) in [5.74, 6) is -0.523. The number of nitrogens with one attached hydrogen (secondary N) is 1. The Hall–Kier alpha value is -3.00. The fourth-order valence-electron chi connectivity index (χ4n) is 2.79. The first-order valence-corrected chi connectivity index (χ1v) is 10.3. The van der Waals surface area contributed by atoms with Crippen LogP contribution in [0, 0.1) is 0 Å². The van der Waals surface area contributed by atoms with E-state index in [2.05, 4.69) is 10.3 Å². The fourth-order valence-corrected chi connectivity index (χ4v) is 3.42. The van der Waals surface area contributed by atoms with Crippen molar-refractivity contribution in [3.8, 4) is 0 Å². The molecule has 27 heavy (non-hydrogen) atoms. The fraction of sp³-hybridized carbons (Fsp3) is 0.211. The van der Waals surface area contributed by atoms with Crippen LogP contribution in [-0.4, -0.2) is 30.0 Å². The molecule has 0 bridgehead atoms. The highest BCUT2D eigenvalue weighted by Crippen LogP contribution is 2.19. The maximum atomic E-state index is 12.6. The number of nitrogens with zero attached hydrogens (tertiary/aromatic N) is 2. The number of sulfone groups is 1. The third-order valence-electron chi connectivity index (χ3n) is 4.28. The third-order valence-corrected chi connectivity index (χ3v) is 5.41. The first-order valence-electron chi connectivity index (χ1n) is 8.38. The Labute approximate surface area is 156 Å². The molecule has 1 unspecified atom stereocenters. The molecule has 140 valence electrons. The van der Waals surface area contributed by atoms with Gasteiger partial charge >= 0.3 is 0 Å². The highest BCUT2D eigenvalue weighted by molar-refractivity contribution is 7.90. The smallest absolute Gasteiger partial charge is 0.270 e. The number of amides is 1. The van der Waals surface area contributed by atoms with E-state index in [0.29, 0.717) is 12.1 Å². The largest absolute Gasteiger partial charge is 0.345 e. The lowest BCUT2D eigenvalue weighted by molar-refractivity contribution is 0.0933. The molecule has 0 aliphatic carbocycles. The molecule has 3 aromatic rings. The van der Waals surface area contributed by atoms with Gasteiger partial charge in [0.2, 0.25) is 0 Å². The molecule has 2 heterocycles. The molecule has 8 heteroatoms. The van der Waals surface area contributed by atoms with Gasteiger partial charge in [-0.3, -0.25) is 14.0 Å². The van der Waals surface area contributed by atoms with Gasteiger partial charge in [0.25, 0.3) is 11.5 Å². The standard InChI is InChI=1S/C19H19N3O4S/c1-3-16(13-7-9-14(10-8-13)27(2,25)26)21-18(23)15-12-20-17-6-4-5-11-22(17)19(15)24/h4-12,16H,3H2,1-2H3,(H,21,23). The highest BCUT2D eigenvalue weighted by atomic mass is 32.2. The monoisotopic (exact) mass is 385 g/mol. The maximum Gasteiger partial charge on any atom is 0.270 e. The molecule has 7 nitrogen and oxygen atoms in total. The number of carbonyl (C=O) groups is 1. The molecule has 0 spiro atoms. The van der Waals surface area contributed by atoms with Gasteiger partial charge in [-0.25, -0.2) is 13.4 Å². The van der Waals surface area contributed by atoms with Gasteiger partial charge in [0.05, 0.1) is 10.9 Å². The summed E-state index contributed by atoms with van der Waals surface area (Å²) in [6.45, 7) is 1.89. The summed E-state index contributed by atoms with van der Waals surface area (Å²) in [5.41, 5.74) is 0.722. The molecular formula is C19H19N3O4S. The van der Waals surface area contributed by atoms with E-state index in [1.807, 2.05) is 6.92 Å². The van der Waals surface area contributed by atoms with Gasteiger partial charge < -0.3 is 5.32 Å². The van der Waals surface area contributed by atoms with Gasteiger partial charge in [0, 0.05) is 18.6 Å². The minimum Gasteiger partial charge on any atom is -0.345 e. The summed E-state index contributed by atoms with van der Waals surface area (Å²) in [7, 11) is -3.28. The summed E-state index contributed by atoms with van der Waals surface area (Å²) in [6, 6.07) is 11.1. The summed E-state index contributed by atoms with van der Waals surface area (Å²) in [6.07, 6.45) is 4.54. The number of hydrogen-bond donors (Lipinski definition) is 1. The van der Waals surface area contributed by atoms with Crippen molar-refractivity contribution in [2.24, 2.45) is 0 Å². The van der Waals surface area contributed by atoms with Gasteiger partial charge in [-0.2, -0.15) is 0 Å². The van der Waals surface area contributed by atoms with Crippen LogP contribution in [0.3, 0.4) is 0 Å². The quantitative estimate of drug-likeness (QED) is 0.724. The van der Waals surface area contributed by atoms with Crippen molar-refractivity contribution in [1.82, 2.24) is 14.7 Å². The Bertz CT molecular complexity index is 1150. The molecule has 1 atom stereocenters. The molecule has 0 aliphatic rings. The van der Waals surface area contributed by atoms with E-state index < -0.39 is 21.3 Å². The van der Waals surface area contributed by atoms with E-state index in [-0.39, 0.29) is 16.5 Å². The van der Waals surface area contributed by atoms with Gasteiger partial charge in [-0.1, -0.05) is 25.1 Å². The van der Waals surface area contributed by atoms with Crippen LogP contribution in [0.15, 0.2) is 64.5 Å². The second kappa shape index (κ2) is 7.32. The van der Waals surface area contributed by atoms with Crippen LogP contribution in [0.2, 0.25) is 0 Å². The molecule has 3 rings (SSSR count). The van der Waals surface area contributed by atoms with Crippen LogP contribution >= 0.6 is 0 Å². The number of rotatable bonds is 5. The van der Waals surface area contributed by atoms with E-state index >= 15 is 0 Å². The second-order valence-corrected chi connectivity index (χ2v) is 8.20. The third kappa shape index (κ3) is 3.90. The van der Waals surface area contributed by atoms with E-state index in [9.17, 15) is 18.0 Å². The zero-order chi connectivity index (χ0) is 19.6. The SMILES string of the molecule is CCC(NC(=O)c1cnc2ccccn2c1=O)c1ccc(S(C)(=O)=O)cc1. The lowest BCUT2D eigenvalue weighted by Crippen LogP contribution is -2.34.